The number of benzene rings is 1. The first-order valence-electron chi connectivity index (χ1n) is 8.02. The van der Waals surface area contributed by atoms with Gasteiger partial charge in [-0.1, -0.05) is 15.9 Å². The summed E-state index contributed by atoms with van der Waals surface area (Å²) in [7, 11) is 1.57. The Morgan fingerprint density at radius 2 is 1.72 bits per heavy atom. The van der Waals surface area contributed by atoms with Crippen LogP contribution in [0.3, 0.4) is 0 Å². The molecular weight excluding hydrogens is 386 g/mol. The molecule has 0 bridgehead atoms. The molecule has 130 valence electrons. The predicted octanol–water partition coefficient (Wildman–Crippen LogP) is 2.64. The molecule has 2 aromatic rings. The Hall–Kier alpha value is -2.41. The van der Waals surface area contributed by atoms with Crippen LogP contribution in [0.2, 0.25) is 0 Å². The lowest BCUT2D eigenvalue weighted by Crippen LogP contribution is -2.30. The standard InChI is InChI=1S/C18H18BrN3O3/c1-21-11-13(17(24)22-8-2-3-9-22)10-15(18(21)25)20-16(23)12-4-6-14(19)7-5-12/h4-7,10-11H,2-3,8-9H2,1H3,(H,20,23). The fourth-order valence-electron chi connectivity index (χ4n) is 2.82. The van der Waals surface area contributed by atoms with Crippen LogP contribution in [0.4, 0.5) is 5.69 Å². The first kappa shape index (κ1) is 17.4. The quantitative estimate of drug-likeness (QED) is 0.855. The van der Waals surface area contributed by atoms with Crippen molar-refractivity contribution < 1.29 is 9.59 Å². The van der Waals surface area contributed by atoms with Crippen LogP contribution in [-0.4, -0.2) is 34.4 Å². The smallest absolute Gasteiger partial charge is 0.274 e. The maximum atomic E-state index is 12.5. The highest BCUT2D eigenvalue weighted by Crippen LogP contribution is 2.15. The van der Waals surface area contributed by atoms with Gasteiger partial charge in [-0.25, -0.2) is 0 Å². The van der Waals surface area contributed by atoms with Gasteiger partial charge in [0, 0.05) is 36.4 Å². The molecule has 0 saturated carbocycles. The summed E-state index contributed by atoms with van der Waals surface area (Å²) < 4.78 is 2.18. The Balaban J connectivity index is 1.87. The van der Waals surface area contributed by atoms with Crippen LogP contribution in [0.25, 0.3) is 0 Å². The molecular formula is C18H18BrN3O3. The van der Waals surface area contributed by atoms with E-state index in [0.717, 1.165) is 30.4 Å². The Kier molecular flexibility index (Phi) is 5.03. The fraction of sp³-hybridized carbons (Fsp3) is 0.278. The van der Waals surface area contributed by atoms with Crippen molar-refractivity contribution in [2.24, 2.45) is 7.05 Å². The van der Waals surface area contributed by atoms with Gasteiger partial charge in [0.1, 0.15) is 5.69 Å². The molecule has 1 aromatic heterocycles. The van der Waals surface area contributed by atoms with Gasteiger partial charge in [0.15, 0.2) is 0 Å². The average molecular weight is 404 g/mol. The number of halogens is 1. The Morgan fingerprint density at radius 3 is 2.36 bits per heavy atom. The molecule has 1 aromatic carbocycles. The number of nitrogens with one attached hydrogen (secondary N) is 1. The van der Waals surface area contributed by atoms with E-state index in [1.807, 2.05) is 0 Å². The van der Waals surface area contributed by atoms with E-state index in [9.17, 15) is 14.4 Å². The van der Waals surface area contributed by atoms with Crippen molar-refractivity contribution in [1.29, 1.82) is 0 Å². The minimum absolute atomic E-state index is 0.0977. The van der Waals surface area contributed by atoms with Gasteiger partial charge in [-0.15, -0.1) is 0 Å². The normalized spacial score (nSPS) is 13.8. The molecule has 0 aliphatic carbocycles. The number of hydrogen-bond acceptors (Lipinski definition) is 3. The molecule has 2 heterocycles. The lowest BCUT2D eigenvalue weighted by Gasteiger charge is -2.16. The van der Waals surface area contributed by atoms with E-state index >= 15 is 0 Å². The largest absolute Gasteiger partial charge is 0.339 e. The first-order valence-corrected chi connectivity index (χ1v) is 8.82. The third-order valence-electron chi connectivity index (χ3n) is 4.18. The number of rotatable bonds is 3. The van der Waals surface area contributed by atoms with Crippen LogP contribution in [-0.2, 0) is 7.05 Å². The third-order valence-corrected chi connectivity index (χ3v) is 4.71. The molecule has 1 aliphatic rings. The zero-order chi connectivity index (χ0) is 18.0. The van der Waals surface area contributed by atoms with Crippen molar-refractivity contribution in [3.63, 3.8) is 0 Å². The molecule has 0 unspecified atom stereocenters. The van der Waals surface area contributed by atoms with E-state index in [0.29, 0.717) is 11.1 Å². The van der Waals surface area contributed by atoms with Gasteiger partial charge in [-0.05, 0) is 43.2 Å². The molecule has 1 aliphatic heterocycles. The number of hydrogen-bond donors (Lipinski definition) is 1. The number of aryl methyl sites for hydroxylation is 1. The summed E-state index contributed by atoms with van der Waals surface area (Å²) in [5.74, 6) is -0.511. The number of amides is 2. The molecule has 1 N–H and O–H groups in total. The Bertz CT molecular complexity index is 868. The van der Waals surface area contributed by atoms with E-state index in [2.05, 4.69) is 21.2 Å². The van der Waals surface area contributed by atoms with Gasteiger partial charge in [0.05, 0.1) is 5.56 Å². The van der Waals surface area contributed by atoms with Crippen molar-refractivity contribution in [3.05, 3.63) is 62.5 Å². The van der Waals surface area contributed by atoms with Crippen molar-refractivity contribution >= 4 is 33.4 Å². The Labute approximate surface area is 153 Å². The molecule has 7 heteroatoms. The monoisotopic (exact) mass is 403 g/mol. The summed E-state index contributed by atoms with van der Waals surface area (Å²) in [6, 6.07) is 8.27. The predicted molar refractivity (Wildman–Crippen MR) is 98.9 cm³/mol. The van der Waals surface area contributed by atoms with E-state index < -0.39 is 5.91 Å². The van der Waals surface area contributed by atoms with Crippen LogP contribution in [0.15, 0.2) is 45.8 Å². The van der Waals surface area contributed by atoms with Gasteiger partial charge in [-0.3, -0.25) is 14.4 Å². The first-order chi connectivity index (χ1) is 12.0. The number of nitrogens with zero attached hydrogens (tertiary/aromatic N) is 2. The van der Waals surface area contributed by atoms with Gasteiger partial charge >= 0.3 is 0 Å². The van der Waals surface area contributed by atoms with Crippen LogP contribution < -0.4 is 10.9 Å². The van der Waals surface area contributed by atoms with Crippen molar-refractivity contribution in [2.45, 2.75) is 12.8 Å². The van der Waals surface area contributed by atoms with Gasteiger partial charge < -0.3 is 14.8 Å². The van der Waals surface area contributed by atoms with E-state index in [1.54, 1.807) is 36.2 Å². The summed E-state index contributed by atoms with van der Waals surface area (Å²) in [6.45, 7) is 1.45. The van der Waals surface area contributed by atoms with Crippen molar-refractivity contribution in [2.75, 3.05) is 18.4 Å². The van der Waals surface area contributed by atoms with Crippen molar-refractivity contribution in [1.82, 2.24) is 9.47 Å². The zero-order valence-electron chi connectivity index (χ0n) is 13.8. The average Bonchev–Trinajstić information content (AvgIpc) is 3.13. The maximum Gasteiger partial charge on any atom is 0.274 e. The van der Waals surface area contributed by atoms with Gasteiger partial charge in [0.25, 0.3) is 17.4 Å². The molecule has 0 spiro atoms. The number of pyridine rings is 1. The van der Waals surface area contributed by atoms with Crippen LogP contribution in [0.5, 0.6) is 0 Å². The lowest BCUT2D eigenvalue weighted by atomic mass is 10.2. The van der Waals surface area contributed by atoms with E-state index in [1.165, 1.54) is 16.8 Å². The van der Waals surface area contributed by atoms with Crippen LogP contribution in [0.1, 0.15) is 33.6 Å². The molecule has 1 saturated heterocycles. The summed E-state index contributed by atoms with van der Waals surface area (Å²) in [4.78, 5) is 39.0. The second-order valence-electron chi connectivity index (χ2n) is 6.02. The minimum atomic E-state index is -0.393. The Morgan fingerprint density at radius 1 is 1.08 bits per heavy atom. The number of anilines is 1. The molecule has 2 amide bonds. The third kappa shape index (κ3) is 3.82. The molecule has 6 nitrogen and oxygen atoms in total. The summed E-state index contributed by atoms with van der Waals surface area (Å²) in [5, 5.41) is 2.61. The summed E-state index contributed by atoms with van der Waals surface area (Å²) in [5.41, 5.74) is 0.570. The molecule has 0 radical (unpaired) electrons. The van der Waals surface area contributed by atoms with E-state index in [4.69, 9.17) is 0 Å². The molecule has 3 rings (SSSR count). The highest BCUT2D eigenvalue weighted by Gasteiger charge is 2.21. The number of aromatic nitrogens is 1. The number of likely N-dealkylation sites (tertiary alicyclic amines) is 1. The zero-order valence-corrected chi connectivity index (χ0v) is 15.4. The molecule has 1 fully saturated rings. The number of carbonyl (C=O) groups excluding carboxylic acids is 2. The second-order valence-corrected chi connectivity index (χ2v) is 6.93. The molecule has 25 heavy (non-hydrogen) atoms. The van der Waals surface area contributed by atoms with Gasteiger partial charge in [0.2, 0.25) is 0 Å². The second kappa shape index (κ2) is 7.23. The highest BCUT2D eigenvalue weighted by molar-refractivity contribution is 9.10. The van der Waals surface area contributed by atoms with E-state index in [-0.39, 0.29) is 17.2 Å². The summed E-state index contributed by atoms with van der Waals surface area (Å²) in [6.07, 6.45) is 3.49. The summed E-state index contributed by atoms with van der Waals surface area (Å²) >= 11 is 3.31. The fourth-order valence-corrected chi connectivity index (χ4v) is 3.08. The SMILES string of the molecule is Cn1cc(C(=O)N2CCCC2)cc(NC(=O)c2ccc(Br)cc2)c1=O. The molecule has 0 atom stereocenters. The number of carbonyl (C=O) groups is 2. The van der Waals surface area contributed by atoms with Crippen LogP contribution >= 0.6 is 15.9 Å². The lowest BCUT2D eigenvalue weighted by molar-refractivity contribution is 0.0791. The van der Waals surface area contributed by atoms with Crippen molar-refractivity contribution in [3.8, 4) is 0 Å². The highest BCUT2D eigenvalue weighted by atomic mass is 79.9. The minimum Gasteiger partial charge on any atom is -0.339 e. The van der Waals surface area contributed by atoms with Crippen LogP contribution in [0, 0.1) is 0 Å². The topological polar surface area (TPSA) is 71.4 Å². The maximum absolute atomic E-state index is 12.5. The van der Waals surface area contributed by atoms with Gasteiger partial charge in [-0.2, -0.15) is 0 Å².